The van der Waals surface area contributed by atoms with E-state index in [1.165, 1.54) is 0 Å². The largest absolute Gasteiger partial charge is 0.243 e. The molecule has 0 fully saturated rings. The second kappa shape index (κ2) is 4.05. The fourth-order valence-electron chi connectivity index (χ4n) is 1.06. The van der Waals surface area contributed by atoms with Gasteiger partial charge in [0.25, 0.3) is 0 Å². The van der Waals surface area contributed by atoms with Crippen LogP contribution in [0.1, 0.15) is 31.1 Å². The van der Waals surface area contributed by atoms with E-state index in [1.807, 2.05) is 43.3 Å². The third-order valence-electron chi connectivity index (χ3n) is 1.75. The molecule has 64 valence electrons. The summed E-state index contributed by atoms with van der Waals surface area (Å²) in [7, 11) is 0. The van der Waals surface area contributed by atoms with Crippen molar-refractivity contribution in [2.24, 2.45) is 0 Å². The number of rotatable bonds is 2. The number of allylic oxidation sites excluding steroid dienone is 1. The van der Waals surface area contributed by atoms with Crippen molar-refractivity contribution in [1.29, 1.82) is 0 Å². The van der Waals surface area contributed by atoms with Crippen LogP contribution in [0.15, 0.2) is 30.3 Å². The SMILES string of the molecule is C/C=C\c1ccc(C(C)F)cc1. The van der Waals surface area contributed by atoms with Crippen LogP contribution in [0.2, 0.25) is 0 Å². The molecule has 1 rings (SSSR count). The molecule has 1 atom stereocenters. The molecule has 1 aromatic rings. The lowest BCUT2D eigenvalue weighted by molar-refractivity contribution is 0.374. The van der Waals surface area contributed by atoms with Gasteiger partial charge in [-0.3, -0.25) is 0 Å². The summed E-state index contributed by atoms with van der Waals surface area (Å²) in [6, 6.07) is 7.48. The second-order valence-electron chi connectivity index (χ2n) is 2.78. The molecule has 0 aromatic heterocycles. The minimum Gasteiger partial charge on any atom is -0.243 e. The summed E-state index contributed by atoms with van der Waals surface area (Å²) >= 11 is 0. The summed E-state index contributed by atoms with van der Waals surface area (Å²) < 4.78 is 12.7. The van der Waals surface area contributed by atoms with Crippen molar-refractivity contribution in [3.05, 3.63) is 41.5 Å². The quantitative estimate of drug-likeness (QED) is 0.624. The lowest BCUT2D eigenvalue weighted by Gasteiger charge is -2.01. The molecule has 0 amide bonds. The molecule has 0 nitrogen and oxygen atoms in total. The summed E-state index contributed by atoms with van der Waals surface area (Å²) in [6.07, 6.45) is 3.09. The molecule has 0 N–H and O–H groups in total. The van der Waals surface area contributed by atoms with Crippen LogP contribution >= 0.6 is 0 Å². The maximum Gasteiger partial charge on any atom is 0.122 e. The van der Waals surface area contributed by atoms with Crippen LogP contribution in [-0.4, -0.2) is 0 Å². The third-order valence-corrected chi connectivity index (χ3v) is 1.75. The van der Waals surface area contributed by atoms with Crippen LogP contribution in [-0.2, 0) is 0 Å². The van der Waals surface area contributed by atoms with Gasteiger partial charge in [-0.2, -0.15) is 0 Å². The van der Waals surface area contributed by atoms with Crippen molar-refractivity contribution < 1.29 is 4.39 Å². The molecular weight excluding hydrogens is 151 g/mol. The van der Waals surface area contributed by atoms with E-state index in [9.17, 15) is 4.39 Å². The molecular formula is C11H13F. The lowest BCUT2D eigenvalue weighted by atomic mass is 10.1. The first-order valence-electron chi connectivity index (χ1n) is 4.10. The number of halogens is 1. The summed E-state index contributed by atoms with van der Waals surface area (Å²) in [6.45, 7) is 3.51. The van der Waals surface area contributed by atoms with Crippen molar-refractivity contribution in [3.8, 4) is 0 Å². The van der Waals surface area contributed by atoms with Gasteiger partial charge in [-0.15, -0.1) is 0 Å². The van der Waals surface area contributed by atoms with E-state index in [4.69, 9.17) is 0 Å². The summed E-state index contributed by atoms with van der Waals surface area (Å²) in [4.78, 5) is 0. The Labute approximate surface area is 72.7 Å². The smallest absolute Gasteiger partial charge is 0.122 e. The Morgan fingerprint density at radius 2 is 1.83 bits per heavy atom. The van der Waals surface area contributed by atoms with Crippen molar-refractivity contribution in [2.45, 2.75) is 20.0 Å². The molecule has 0 spiro atoms. The number of alkyl halides is 1. The zero-order valence-electron chi connectivity index (χ0n) is 7.42. The summed E-state index contributed by atoms with van der Waals surface area (Å²) in [5.74, 6) is 0. The Kier molecular flexibility index (Phi) is 3.03. The molecule has 1 aromatic carbocycles. The lowest BCUT2D eigenvalue weighted by Crippen LogP contribution is -1.84. The Bertz CT molecular complexity index is 257. The predicted octanol–water partition coefficient (Wildman–Crippen LogP) is 3.75. The topological polar surface area (TPSA) is 0 Å². The first kappa shape index (κ1) is 8.98. The van der Waals surface area contributed by atoms with Gasteiger partial charge in [0, 0.05) is 0 Å². The average molecular weight is 164 g/mol. The van der Waals surface area contributed by atoms with Crippen molar-refractivity contribution in [3.63, 3.8) is 0 Å². The van der Waals surface area contributed by atoms with Gasteiger partial charge in [-0.05, 0) is 25.0 Å². The standard InChI is InChI=1S/C11H13F/c1-3-4-10-5-7-11(8-6-10)9(2)12/h3-9H,1-2H3/b4-3-. The van der Waals surface area contributed by atoms with Crippen LogP contribution in [0.5, 0.6) is 0 Å². The molecule has 0 aliphatic heterocycles. The highest BCUT2D eigenvalue weighted by Crippen LogP contribution is 2.16. The van der Waals surface area contributed by atoms with Gasteiger partial charge in [0.05, 0.1) is 0 Å². The van der Waals surface area contributed by atoms with Gasteiger partial charge >= 0.3 is 0 Å². The molecule has 12 heavy (non-hydrogen) atoms. The van der Waals surface area contributed by atoms with Crippen LogP contribution in [0.4, 0.5) is 4.39 Å². The molecule has 0 radical (unpaired) electrons. The molecule has 1 heteroatoms. The fourth-order valence-corrected chi connectivity index (χ4v) is 1.06. The van der Waals surface area contributed by atoms with Crippen molar-refractivity contribution in [1.82, 2.24) is 0 Å². The number of benzene rings is 1. The Morgan fingerprint density at radius 1 is 1.25 bits per heavy atom. The van der Waals surface area contributed by atoms with E-state index < -0.39 is 6.17 Å². The summed E-state index contributed by atoms with van der Waals surface area (Å²) in [5, 5.41) is 0. The number of hydrogen-bond donors (Lipinski definition) is 0. The van der Waals surface area contributed by atoms with E-state index >= 15 is 0 Å². The third kappa shape index (κ3) is 2.19. The molecule has 0 saturated carbocycles. The Balaban J connectivity index is 2.85. The average Bonchev–Trinajstić information content (AvgIpc) is 2.06. The first-order chi connectivity index (χ1) is 5.74. The van der Waals surface area contributed by atoms with Crippen LogP contribution in [0.3, 0.4) is 0 Å². The predicted molar refractivity (Wildman–Crippen MR) is 50.7 cm³/mol. The fraction of sp³-hybridized carbons (Fsp3) is 0.273. The molecule has 1 unspecified atom stereocenters. The highest BCUT2D eigenvalue weighted by molar-refractivity contribution is 5.49. The molecule has 0 saturated heterocycles. The van der Waals surface area contributed by atoms with E-state index in [0.29, 0.717) is 0 Å². The normalized spacial score (nSPS) is 13.6. The van der Waals surface area contributed by atoms with Crippen LogP contribution in [0, 0.1) is 0 Å². The second-order valence-corrected chi connectivity index (χ2v) is 2.78. The highest BCUT2D eigenvalue weighted by atomic mass is 19.1. The van der Waals surface area contributed by atoms with Gasteiger partial charge in [0.2, 0.25) is 0 Å². The van der Waals surface area contributed by atoms with Crippen molar-refractivity contribution in [2.75, 3.05) is 0 Å². The van der Waals surface area contributed by atoms with E-state index in [1.54, 1.807) is 6.92 Å². The van der Waals surface area contributed by atoms with E-state index in [-0.39, 0.29) is 0 Å². The Hall–Kier alpha value is -1.11. The first-order valence-corrected chi connectivity index (χ1v) is 4.10. The zero-order chi connectivity index (χ0) is 8.97. The molecule has 0 aliphatic carbocycles. The zero-order valence-corrected chi connectivity index (χ0v) is 7.42. The van der Waals surface area contributed by atoms with Gasteiger partial charge in [0.15, 0.2) is 0 Å². The van der Waals surface area contributed by atoms with Gasteiger partial charge in [-0.25, -0.2) is 4.39 Å². The maximum atomic E-state index is 12.7. The summed E-state index contributed by atoms with van der Waals surface area (Å²) in [5.41, 5.74) is 1.85. The van der Waals surface area contributed by atoms with Gasteiger partial charge in [0.1, 0.15) is 6.17 Å². The minimum absolute atomic E-state index is 0.739. The molecule has 0 bridgehead atoms. The Morgan fingerprint density at radius 3 is 2.25 bits per heavy atom. The van der Waals surface area contributed by atoms with E-state index in [2.05, 4.69) is 0 Å². The molecule has 0 heterocycles. The van der Waals surface area contributed by atoms with Crippen molar-refractivity contribution >= 4 is 6.08 Å². The number of hydrogen-bond acceptors (Lipinski definition) is 0. The van der Waals surface area contributed by atoms with Gasteiger partial charge < -0.3 is 0 Å². The molecule has 0 aliphatic rings. The van der Waals surface area contributed by atoms with Crippen LogP contribution < -0.4 is 0 Å². The van der Waals surface area contributed by atoms with Crippen LogP contribution in [0.25, 0.3) is 6.08 Å². The minimum atomic E-state index is -0.871. The van der Waals surface area contributed by atoms with E-state index in [0.717, 1.165) is 11.1 Å². The highest BCUT2D eigenvalue weighted by Gasteiger charge is 2.00. The van der Waals surface area contributed by atoms with Gasteiger partial charge in [-0.1, -0.05) is 36.4 Å². The monoisotopic (exact) mass is 164 g/mol. The maximum absolute atomic E-state index is 12.7.